The quantitative estimate of drug-likeness (QED) is 0.739. The van der Waals surface area contributed by atoms with E-state index in [2.05, 4.69) is 34.1 Å². The predicted molar refractivity (Wildman–Crippen MR) is 96.3 cm³/mol. The molecule has 0 aromatic heterocycles. The van der Waals surface area contributed by atoms with Gasteiger partial charge in [0.1, 0.15) is 5.37 Å². The molecule has 1 aliphatic heterocycles. The van der Waals surface area contributed by atoms with Gasteiger partial charge in [0, 0.05) is 22.3 Å². The van der Waals surface area contributed by atoms with E-state index in [1.807, 2.05) is 54.8 Å². The van der Waals surface area contributed by atoms with E-state index in [0.717, 1.165) is 33.5 Å². The van der Waals surface area contributed by atoms with Gasteiger partial charge in [0.05, 0.1) is 0 Å². The van der Waals surface area contributed by atoms with Gasteiger partial charge in [-0.3, -0.25) is 4.79 Å². The van der Waals surface area contributed by atoms with Crippen LogP contribution in [0.4, 0.5) is 0 Å². The van der Waals surface area contributed by atoms with Crippen LogP contribution in [0.25, 0.3) is 0 Å². The van der Waals surface area contributed by atoms with Crippen molar-refractivity contribution in [2.75, 3.05) is 12.3 Å². The molecule has 1 aliphatic rings. The minimum atomic E-state index is 0.112. The van der Waals surface area contributed by atoms with Crippen molar-refractivity contribution in [3.05, 3.63) is 69.2 Å². The van der Waals surface area contributed by atoms with Crippen molar-refractivity contribution in [2.45, 2.75) is 19.2 Å². The Morgan fingerprint density at radius 3 is 2.64 bits per heavy atom. The van der Waals surface area contributed by atoms with E-state index in [9.17, 15) is 4.79 Å². The molecule has 0 N–H and O–H groups in total. The van der Waals surface area contributed by atoms with Crippen LogP contribution in [0.5, 0.6) is 0 Å². The number of nitrogens with zero attached hydrogens (tertiary/aromatic N) is 1. The average molecular weight is 376 g/mol. The summed E-state index contributed by atoms with van der Waals surface area (Å²) in [6.07, 6.45) is 0. The fourth-order valence-corrected chi connectivity index (χ4v) is 4.22. The fourth-order valence-electron chi connectivity index (χ4n) is 2.70. The van der Waals surface area contributed by atoms with Crippen molar-refractivity contribution >= 4 is 33.6 Å². The summed E-state index contributed by atoms with van der Waals surface area (Å²) in [5.41, 5.74) is 4.18. The van der Waals surface area contributed by atoms with Crippen molar-refractivity contribution in [2.24, 2.45) is 0 Å². The molecule has 114 valence electrons. The lowest BCUT2D eigenvalue weighted by Gasteiger charge is -2.25. The number of aryl methyl sites for hydroxylation is 2. The molecule has 4 heteroatoms. The maximum atomic E-state index is 13.0. The highest BCUT2D eigenvalue weighted by atomic mass is 79.9. The second kappa shape index (κ2) is 6.47. The summed E-state index contributed by atoms with van der Waals surface area (Å²) in [6.45, 7) is 4.84. The number of amides is 1. The fraction of sp³-hybridized carbons (Fsp3) is 0.278. The van der Waals surface area contributed by atoms with E-state index in [1.54, 1.807) is 0 Å². The van der Waals surface area contributed by atoms with Crippen LogP contribution < -0.4 is 0 Å². The van der Waals surface area contributed by atoms with Crippen LogP contribution in [-0.2, 0) is 0 Å². The van der Waals surface area contributed by atoms with Crippen molar-refractivity contribution in [1.82, 2.24) is 4.90 Å². The Hall–Kier alpha value is -1.26. The van der Waals surface area contributed by atoms with Crippen LogP contribution in [0, 0.1) is 13.8 Å². The third kappa shape index (κ3) is 3.08. The maximum Gasteiger partial charge on any atom is 0.255 e. The first kappa shape index (κ1) is 15.6. The maximum absolute atomic E-state index is 13.0. The van der Waals surface area contributed by atoms with Crippen LogP contribution in [-0.4, -0.2) is 23.1 Å². The first-order valence-corrected chi connectivity index (χ1v) is 9.16. The van der Waals surface area contributed by atoms with Crippen LogP contribution in [0.3, 0.4) is 0 Å². The SMILES string of the molecule is Cc1ccc(C)c(C(=O)N2CCSC2c2ccc(Br)cc2)c1. The molecular weight excluding hydrogens is 358 g/mol. The zero-order valence-electron chi connectivity index (χ0n) is 12.7. The Morgan fingerprint density at radius 2 is 1.91 bits per heavy atom. The van der Waals surface area contributed by atoms with Crippen molar-refractivity contribution in [1.29, 1.82) is 0 Å². The molecule has 22 heavy (non-hydrogen) atoms. The zero-order chi connectivity index (χ0) is 15.7. The highest BCUT2D eigenvalue weighted by molar-refractivity contribution is 9.10. The van der Waals surface area contributed by atoms with E-state index in [1.165, 1.54) is 5.56 Å². The van der Waals surface area contributed by atoms with Gasteiger partial charge >= 0.3 is 0 Å². The van der Waals surface area contributed by atoms with Gasteiger partial charge in [-0.2, -0.15) is 0 Å². The van der Waals surface area contributed by atoms with Crippen molar-refractivity contribution < 1.29 is 4.79 Å². The van der Waals surface area contributed by atoms with Gasteiger partial charge < -0.3 is 4.90 Å². The van der Waals surface area contributed by atoms with Crippen molar-refractivity contribution in [3.8, 4) is 0 Å². The summed E-state index contributed by atoms with van der Waals surface area (Å²) < 4.78 is 1.06. The number of benzene rings is 2. The molecule has 1 heterocycles. The molecule has 0 saturated carbocycles. The van der Waals surface area contributed by atoms with Gasteiger partial charge in [0.2, 0.25) is 0 Å². The van der Waals surface area contributed by atoms with Crippen LogP contribution in [0.2, 0.25) is 0 Å². The number of hydrogen-bond donors (Lipinski definition) is 0. The van der Waals surface area contributed by atoms with E-state index < -0.39 is 0 Å². The topological polar surface area (TPSA) is 20.3 Å². The lowest BCUT2D eigenvalue weighted by Crippen LogP contribution is -2.31. The third-order valence-corrected chi connectivity index (χ3v) is 5.72. The molecule has 0 aliphatic carbocycles. The highest BCUT2D eigenvalue weighted by Gasteiger charge is 2.31. The summed E-state index contributed by atoms with van der Waals surface area (Å²) in [4.78, 5) is 15.0. The molecule has 2 nitrogen and oxygen atoms in total. The number of carbonyl (C=O) groups excluding carboxylic acids is 1. The van der Waals surface area contributed by atoms with Gasteiger partial charge in [0.25, 0.3) is 5.91 Å². The normalized spacial score (nSPS) is 17.8. The largest absolute Gasteiger partial charge is 0.322 e. The number of rotatable bonds is 2. The van der Waals surface area contributed by atoms with Gasteiger partial charge in [-0.25, -0.2) is 0 Å². The summed E-state index contributed by atoms with van der Waals surface area (Å²) in [5, 5.41) is 0.112. The Bertz CT molecular complexity index is 699. The molecule has 1 atom stereocenters. The summed E-state index contributed by atoms with van der Waals surface area (Å²) in [6, 6.07) is 14.3. The van der Waals surface area contributed by atoms with Crippen LogP contribution in [0.15, 0.2) is 46.9 Å². The monoisotopic (exact) mass is 375 g/mol. The van der Waals surface area contributed by atoms with Crippen LogP contribution in [0.1, 0.15) is 32.4 Å². The number of carbonyl (C=O) groups is 1. The molecule has 1 saturated heterocycles. The van der Waals surface area contributed by atoms with Crippen LogP contribution >= 0.6 is 27.7 Å². The Kier molecular flexibility index (Phi) is 4.59. The molecule has 1 unspecified atom stereocenters. The minimum Gasteiger partial charge on any atom is -0.322 e. The Labute approximate surface area is 144 Å². The lowest BCUT2D eigenvalue weighted by atomic mass is 10.0. The van der Waals surface area contributed by atoms with Gasteiger partial charge in [0.15, 0.2) is 0 Å². The van der Waals surface area contributed by atoms with E-state index in [-0.39, 0.29) is 11.3 Å². The molecule has 2 aromatic carbocycles. The van der Waals surface area contributed by atoms with Gasteiger partial charge in [-0.1, -0.05) is 45.8 Å². The molecule has 1 amide bonds. The summed E-state index contributed by atoms with van der Waals surface area (Å²) in [7, 11) is 0. The average Bonchev–Trinajstić information content (AvgIpc) is 2.99. The Balaban J connectivity index is 1.91. The standard InChI is InChI=1S/C18H18BrNOS/c1-12-3-4-13(2)16(11-12)17(21)20-9-10-22-18(20)14-5-7-15(19)8-6-14/h3-8,11,18H,9-10H2,1-2H3. The van der Waals surface area contributed by atoms with Gasteiger partial charge in [-0.15, -0.1) is 11.8 Å². The number of thioether (sulfide) groups is 1. The molecule has 0 spiro atoms. The third-order valence-electron chi connectivity index (χ3n) is 3.93. The molecule has 1 fully saturated rings. The second-order valence-electron chi connectivity index (χ2n) is 5.59. The second-order valence-corrected chi connectivity index (χ2v) is 7.70. The Morgan fingerprint density at radius 1 is 1.18 bits per heavy atom. The lowest BCUT2D eigenvalue weighted by molar-refractivity contribution is 0.0759. The van der Waals surface area contributed by atoms with E-state index in [0.29, 0.717) is 0 Å². The predicted octanol–water partition coefficient (Wildman–Crippen LogP) is 4.95. The van der Waals surface area contributed by atoms with E-state index >= 15 is 0 Å². The highest BCUT2D eigenvalue weighted by Crippen LogP contribution is 2.39. The first-order valence-electron chi connectivity index (χ1n) is 7.31. The number of halogens is 1. The smallest absolute Gasteiger partial charge is 0.255 e. The minimum absolute atomic E-state index is 0.112. The first-order chi connectivity index (χ1) is 10.6. The van der Waals surface area contributed by atoms with Crippen molar-refractivity contribution in [3.63, 3.8) is 0 Å². The molecular formula is C18H18BrNOS. The van der Waals surface area contributed by atoms with Gasteiger partial charge in [-0.05, 0) is 43.2 Å². The number of hydrogen-bond acceptors (Lipinski definition) is 2. The zero-order valence-corrected chi connectivity index (χ0v) is 15.1. The summed E-state index contributed by atoms with van der Waals surface area (Å²) in [5.74, 6) is 1.12. The molecule has 3 rings (SSSR count). The molecule has 2 aromatic rings. The van der Waals surface area contributed by atoms with E-state index in [4.69, 9.17) is 0 Å². The molecule has 0 radical (unpaired) electrons. The summed E-state index contributed by atoms with van der Waals surface area (Å²) >= 11 is 5.30. The molecule has 0 bridgehead atoms.